The van der Waals surface area contributed by atoms with E-state index in [-0.39, 0.29) is 5.83 Å². The lowest BCUT2D eigenvalue weighted by molar-refractivity contribution is 0.599. The van der Waals surface area contributed by atoms with Crippen molar-refractivity contribution in [3.05, 3.63) is 11.9 Å². The van der Waals surface area contributed by atoms with E-state index in [0.29, 0.717) is 6.42 Å². The minimum Gasteiger partial charge on any atom is -0.212 e. The van der Waals surface area contributed by atoms with Gasteiger partial charge in [-0.25, -0.2) is 4.39 Å². The van der Waals surface area contributed by atoms with E-state index in [1.165, 1.54) is 0 Å². The Morgan fingerprint density at radius 1 is 1.57 bits per heavy atom. The van der Waals surface area contributed by atoms with E-state index in [0.717, 1.165) is 6.42 Å². The Labute approximate surface area is 44.0 Å². The zero-order chi connectivity index (χ0) is 5.70. The van der Waals surface area contributed by atoms with Gasteiger partial charge in [0.15, 0.2) is 0 Å². The van der Waals surface area contributed by atoms with Crippen LogP contribution in [-0.2, 0) is 0 Å². The second-order valence-electron chi connectivity index (χ2n) is 1.41. The smallest absolute Gasteiger partial charge is 0.0957 e. The Bertz CT molecular complexity index is 64.6. The Morgan fingerprint density at radius 3 is 2.29 bits per heavy atom. The van der Waals surface area contributed by atoms with Crippen LogP contribution in [0.2, 0.25) is 0 Å². The average molecular weight is 102 g/mol. The fourth-order valence-electron chi connectivity index (χ4n) is 0.366. The first-order chi connectivity index (χ1) is 3.31. The summed E-state index contributed by atoms with van der Waals surface area (Å²) in [4.78, 5) is 0. The van der Waals surface area contributed by atoms with Gasteiger partial charge in [0.05, 0.1) is 5.83 Å². The van der Waals surface area contributed by atoms with Crippen molar-refractivity contribution in [1.29, 1.82) is 0 Å². The van der Waals surface area contributed by atoms with Crippen molar-refractivity contribution in [2.75, 3.05) is 0 Å². The first kappa shape index (κ1) is 6.67. The van der Waals surface area contributed by atoms with Crippen LogP contribution in [0.5, 0.6) is 0 Å². The SMILES string of the molecule is CC/C=C(\F)CC. The molecule has 0 radical (unpaired) electrons. The highest BCUT2D eigenvalue weighted by atomic mass is 19.1. The molecule has 0 aliphatic rings. The molecule has 0 rings (SSSR count). The predicted octanol–water partition coefficient (Wildman–Crippen LogP) is 2.66. The fourth-order valence-corrected chi connectivity index (χ4v) is 0.366. The van der Waals surface area contributed by atoms with E-state index < -0.39 is 0 Å². The maximum absolute atomic E-state index is 12.0. The molecule has 0 aromatic carbocycles. The van der Waals surface area contributed by atoms with Crippen molar-refractivity contribution in [3.8, 4) is 0 Å². The summed E-state index contributed by atoms with van der Waals surface area (Å²) < 4.78 is 12.0. The molecule has 0 nitrogen and oxygen atoms in total. The zero-order valence-electron chi connectivity index (χ0n) is 4.87. The molecule has 42 valence electrons. The lowest BCUT2D eigenvalue weighted by Gasteiger charge is -1.83. The summed E-state index contributed by atoms with van der Waals surface area (Å²) in [6, 6.07) is 0. The molecule has 0 aromatic rings. The third-order valence-electron chi connectivity index (χ3n) is 0.763. The van der Waals surface area contributed by atoms with Crippen LogP contribution >= 0.6 is 0 Å². The van der Waals surface area contributed by atoms with Crippen LogP contribution in [0.15, 0.2) is 11.9 Å². The van der Waals surface area contributed by atoms with E-state index in [4.69, 9.17) is 0 Å². The van der Waals surface area contributed by atoms with Gasteiger partial charge in [0, 0.05) is 0 Å². The van der Waals surface area contributed by atoms with E-state index >= 15 is 0 Å². The predicted molar refractivity (Wildman–Crippen MR) is 29.8 cm³/mol. The summed E-state index contributed by atoms with van der Waals surface area (Å²) in [5, 5.41) is 0. The Morgan fingerprint density at radius 2 is 2.14 bits per heavy atom. The largest absolute Gasteiger partial charge is 0.212 e. The van der Waals surface area contributed by atoms with Crippen LogP contribution in [0, 0.1) is 0 Å². The number of hydrogen-bond acceptors (Lipinski definition) is 0. The third kappa shape index (κ3) is 3.50. The molecule has 0 saturated carbocycles. The van der Waals surface area contributed by atoms with Crippen LogP contribution in [0.25, 0.3) is 0 Å². The quantitative estimate of drug-likeness (QED) is 0.502. The molecule has 0 N–H and O–H groups in total. The Kier molecular flexibility index (Phi) is 3.67. The van der Waals surface area contributed by atoms with E-state index in [1.807, 2.05) is 13.8 Å². The lowest BCUT2D eigenvalue weighted by atomic mass is 10.3. The highest BCUT2D eigenvalue weighted by Gasteiger charge is 1.82. The molecule has 0 aliphatic carbocycles. The summed E-state index contributed by atoms with van der Waals surface area (Å²) in [6.07, 6.45) is 2.94. The number of allylic oxidation sites excluding steroid dienone is 2. The molecule has 0 aromatic heterocycles. The van der Waals surface area contributed by atoms with E-state index in [2.05, 4.69) is 0 Å². The minimum absolute atomic E-state index is 0.00231. The summed E-state index contributed by atoms with van der Waals surface area (Å²) in [5.41, 5.74) is 0. The van der Waals surface area contributed by atoms with Crippen LogP contribution in [0.3, 0.4) is 0 Å². The minimum atomic E-state index is 0.00231. The normalized spacial score (nSPS) is 12.1. The van der Waals surface area contributed by atoms with Crippen molar-refractivity contribution < 1.29 is 4.39 Å². The van der Waals surface area contributed by atoms with Crippen LogP contribution in [0.4, 0.5) is 4.39 Å². The van der Waals surface area contributed by atoms with E-state index in [9.17, 15) is 4.39 Å². The maximum atomic E-state index is 12.0. The molecule has 0 unspecified atom stereocenters. The molecule has 1 heteroatoms. The molecule has 0 heterocycles. The van der Waals surface area contributed by atoms with Crippen molar-refractivity contribution >= 4 is 0 Å². The molecule has 0 bridgehead atoms. The highest BCUT2D eigenvalue weighted by molar-refractivity contribution is 4.88. The zero-order valence-corrected chi connectivity index (χ0v) is 4.87. The molecule has 0 aliphatic heterocycles. The monoisotopic (exact) mass is 102 g/mol. The second-order valence-corrected chi connectivity index (χ2v) is 1.41. The van der Waals surface area contributed by atoms with Gasteiger partial charge in [-0.3, -0.25) is 0 Å². The molecule has 0 amide bonds. The molecular weight excluding hydrogens is 91.1 g/mol. The second kappa shape index (κ2) is 3.85. The number of halogens is 1. The molecule has 0 atom stereocenters. The summed E-state index contributed by atoms with van der Waals surface area (Å²) in [7, 11) is 0. The van der Waals surface area contributed by atoms with Crippen molar-refractivity contribution in [3.63, 3.8) is 0 Å². The van der Waals surface area contributed by atoms with Gasteiger partial charge in [-0.05, 0) is 12.8 Å². The molecule has 7 heavy (non-hydrogen) atoms. The number of rotatable bonds is 2. The van der Waals surface area contributed by atoms with Gasteiger partial charge in [0.2, 0.25) is 0 Å². The molecule has 0 spiro atoms. The van der Waals surface area contributed by atoms with Gasteiger partial charge in [-0.15, -0.1) is 0 Å². The van der Waals surface area contributed by atoms with Gasteiger partial charge in [0.25, 0.3) is 0 Å². The van der Waals surface area contributed by atoms with E-state index in [1.54, 1.807) is 6.08 Å². The van der Waals surface area contributed by atoms with Gasteiger partial charge in [0.1, 0.15) is 0 Å². The summed E-state index contributed by atoms with van der Waals surface area (Å²) in [6.45, 7) is 3.73. The van der Waals surface area contributed by atoms with Crippen LogP contribution in [-0.4, -0.2) is 0 Å². The first-order valence-corrected chi connectivity index (χ1v) is 2.65. The Hall–Kier alpha value is -0.330. The van der Waals surface area contributed by atoms with Gasteiger partial charge in [-0.2, -0.15) is 0 Å². The summed E-state index contributed by atoms with van der Waals surface area (Å²) in [5.74, 6) is 0.00231. The maximum Gasteiger partial charge on any atom is 0.0957 e. The summed E-state index contributed by atoms with van der Waals surface area (Å²) >= 11 is 0. The molecular formula is C6H11F. The van der Waals surface area contributed by atoms with Gasteiger partial charge >= 0.3 is 0 Å². The van der Waals surface area contributed by atoms with Crippen molar-refractivity contribution in [1.82, 2.24) is 0 Å². The van der Waals surface area contributed by atoms with Gasteiger partial charge in [-0.1, -0.05) is 19.9 Å². The Balaban J connectivity index is 3.29. The van der Waals surface area contributed by atoms with Crippen molar-refractivity contribution in [2.45, 2.75) is 26.7 Å². The molecule has 0 fully saturated rings. The lowest BCUT2D eigenvalue weighted by Crippen LogP contribution is -1.65. The fraction of sp³-hybridized carbons (Fsp3) is 0.667. The van der Waals surface area contributed by atoms with Gasteiger partial charge < -0.3 is 0 Å². The number of hydrogen-bond donors (Lipinski definition) is 0. The molecule has 0 saturated heterocycles. The van der Waals surface area contributed by atoms with Crippen molar-refractivity contribution in [2.24, 2.45) is 0 Å². The van der Waals surface area contributed by atoms with Crippen LogP contribution < -0.4 is 0 Å². The average Bonchev–Trinajstić information content (AvgIpc) is 1.68. The first-order valence-electron chi connectivity index (χ1n) is 2.65. The third-order valence-corrected chi connectivity index (χ3v) is 0.763. The standard InChI is InChI=1S/C6H11F/c1-3-5-6(7)4-2/h5H,3-4H2,1-2H3/b6-5-. The van der Waals surface area contributed by atoms with Crippen LogP contribution in [0.1, 0.15) is 26.7 Å². The topological polar surface area (TPSA) is 0 Å². The highest BCUT2D eigenvalue weighted by Crippen LogP contribution is 2.01.